The van der Waals surface area contributed by atoms with Crippen LogP contribution in [-0.2, 0) is 14.3 Å². The van der Waals surface area contributed by atoms with Crippen molar-refractivity contribution >= 4 is 29.3 Å². The average molecular weight is 360 g/mol. The number of fused-ring (bicyclic) bond motifs is 1. The van der Waals surface area contributed by atoms with Crippen LogP contribution in [0.15, 0.2) is 53.7 Å². The minimum Gasteiger partial charge on any atom is -0.618 e. The van der Waals surface area contributed by atoms with Crippen LogP contribution in [0.5, 0.6) is 5.75 Å². The van der Waals surface area contributed by atoms with E-state index >= 15 is 0 Å². The number of esters is 1. The first-order valence-electron chi connectivity index (χ1n) is 7.55. The second kappa shape index (κ2) is 7.43. The van der Waals surface area contributed by atoms with Crippen molar-refractivity contribution < 1.29 is 23.8 Å². The predicted molar refractivity (Wildman–Crippen MR) is 91.4 cm³/mol. The Morgan fingerprint density at radius 3 is 2.84 bits per heavy atom. The summed E-state index contributed by atoms with van der Waals surface area (Å²) in [4.78, 5) is 26.0. The van der Waals surface area contributed by atoms with Gasteiger partial charge in [0.15, 0.2) is 6.20 Å². The van der Waals surface area contributed by atoms with Gasteiger partial charge in [-0.15, -0.1) is 0 Å². The van der Waals surface area contributed by atoms with E-state index in [1.807, 2.05) is 0 Å². The van der Waals surface area contributed by atoms with Gasteiger partial charge in [0.2, 0.25) is 12.0 Å². The van der Waals surface area contributed by atoms with Crippen molar-refractivity contribution in [3.63, 3.8) is 0 Å². The van der Waals surface area contributed by atoms with Gasteiger partial charge < -0.3 is 19.6 Å². The number of carbonyl (C=O) groups excluding carboxylic acids is 2. The smallest absolute Gasteiger partial charge is 0.348 e. The molecule has 0 saturated carbocycles. The number of pyridine rings is 1. The van der Waals surface area contributed by atoms with Crippen molar-refractivity contribution in [3.05, 3.63) is 53.9 Å². The lowest BCUT2D eigenvalue weighted by Gasteiger charge is -2.33. The van der Waals surface area contributed by atoms with E-state index in [2.05, 4.69) is 0 Å². The third-order valence-corrected chi connectivity index (χ3v) is 4.67. The van der Waals surface area contributed by atoms with E-state index in [1.165, 1.54) is 18.2 Å². The highest BCUT2D eigenvalue weighted by Gasteiger charge is 2.34. The second-order valence-corrected chi connectivity index (χ2v) is 6.25. The molecule has 0 aliphatic carbocycles. The summed E-state index contributed by atoms with van der Waals surface area (Å²) in [5.41, 5.74) is 0.594. The SMILES string of the molecule is COC(=O)[C@H]1CN(C(=O)CSc2cccc[n+]2[O-])c2ccccc2O1. The van der Waals surface area contributed by atoms with Crippen molar-refractivity contribution in [2.75, 3.05) is 24.3 Å². The van der Waals surface area contributed by atoms with Gasteiger partial charge in [-0.05, 0) is 30.0 Å². The zero-order valence-electron chi connectivity index (χ0n) is 13.5. The number of hydrogen-bond acceptors (Lipinski definition) is 6. The van der Waals surface area contributed by atoms with E-state index in [4.69, 9.17) is 9.47 Å². The lowest BCUT2D eigenvalue weighted by Crippen LogP contribution is -2.48. The Bertz CT molecular complexity index is 798. The highest BCUT2D eigenvalue weighted by atomic mass is 32.2. The Labute approximate surface area is 148 Å². The maximum Gasteiger partial charge on any atom is 0.348 e. The lowest BCUT2D eigenvalue weighted by molar-refractivity contribution is -0.645. The number of para-hydroxylation sites is 2. The van der Waals surface area contributed by atoms with Gasteiger partial charge >= 0.3 is 5.97 Å². The topological polar surface area (TPSA) is 82.8 Å². The summed E-state index contributed by atoms with van der Waals surface area (Å²) in [6.07, 6.45) is 0.499. The first-order valence-corrected chi connectivity index (χ1v) is 8.53. The summed E-state index contributed by atoms with van der Waals surface area (Å²) in [5, 5.41) is 12.1. The quantitative estimate of drug-likeness (QED) is 0.355. The number of nitrogens with zero attached hydrogens (tertiary/aromatic N) is 2. The summed E-state index contributed by atoms with van der Waals surface area (Å²) in [6, 6.07) is 12.0. The number of hydrogen-bond donors (Lipinski definition) is 0. The van der Waals surface area contributed by atoms with Gasteiger partial charge in [-0.2, -0.15) is 4.73 Å². The fourth-order valence-electron chi connectivity index (χ4n) is 2.46. The molecule has 0 radical (unpaired) electrons. The van der Waals surface area contributed by atoms with Crippen LogP contribution in [0, 0.1) is 5.21 Å². The van der Waals surface area contributed by atoms with E-state index in [-0.39, 0.29) is 18.2 Å². The van der Waals surface area contributed by atoms with Gasteiger partial charge in [-0.3, -0.25) is 4.79 Å². The Morgan fingerprint density at radius 2 is 2.08 bits per heavy atom. The number of anilines is 1. The van der Waals surface area contributed by atoms with Crippen LogP contribution in [0.4, 0.5) is 5.69 Å². The third-order valence-electron chi connectivity index (χ3n) is 3.67. The number of ether oxygens (including phenoxy) is 2. The number of carbonyl (C=O) groups is 2. The van der Waals surface area contributed by atoms with Crippen molar-refractivity contribution in [3.8, 4) is 5.75 Å². The highest BCUT2D eigenvalue weighted by molar-refractivity contribution is 7.99. The molecule has 0 unspecified atom stereocenters. The molecule has 2 heterocycles. The Hall–Kier alpha value is -2.74. The van der Waals surface area contributed by atoms with Crippen molar-refractivity contribution in [1.29, 1.82) is 0 Å². The molecule has 0 N–H and O–H groups in total. The molecule has 1 aliphatic heterocycles. The highest BCUT2D eigenvalue weighted by Crippen LogP contribution is 2.34. The molecule has 2 aromatic rings. The number of methoxy groups -OCH3 is 1. The molecular weight excluding hydrogens is 344 g/mol. The molecule has 1 aliphatic rings. The van der Waals surface area contributed by atoms with Gasteiger partial charge in [0.05, 0.1) is 25.1 Å². The molecule has 0 bridgehead atoms. The molecular formula is C17H16N2O5S. The van der Waals surface area contributed by atoms with E-state index < -0.39 is 12.1 Å². The van der Waals surface area contributed by atoms with E-state index in [9.17, 15) is 14.8 Å². The van der Waals surface area contributed by atoms with E-state index in [1.54, 1.807) is 42.5 Å². The van der Waals surface area contributed by atoms with Crippen molar-refractivity contribution in [1.82, 2.24) is 0 Å². The van der Waals surface area contributed by atoms with Crippen LogP contribution in [-0.4, -0.2) is 37.4 Å². The molecule has 0 spiro atoms. The molecule has 3 rings (SSSR count). The van der Waals surface area contributed by atoms with Crippen LogP contribution in [0.1, 0.15) is 0 Å². The predicted octanol–water partition coefficient (Wildman–Crippen LogP) is 1.38. The monoisotopic (exact) mass is 360 g/mol. The zero-order chi connectivity index (χ0) is 17.8. The largest absolute Gasteiger partial charge is 0.618 e. The number of aromatic nitrogens is 1. The first kappa shape index (κ1) is 17.1. The zero-order valence-corrected chi connectivity index (χ0v) is 14.3. The number of benzene rings is 1. The average Bonchev–Trinajstić information content (AvgIpc) is 2.65. The fraction of sp³-hybridized carbons (Fsp3) is 0.235. The fourth-order valence-corrected chi connectivity index (χ4v) is 3.25. The summed E-state index contributed by atoms with van der Waals surface area (Å²) < 4.78 is 11.1. The summed E-state index contributed by atoms with van der Waals surface area (Å²) in [5.74, 6) is -0.255. The number of thioether (sulfide) groups is 1. The van der Waals surface area contributed by atoms with Crippen molar-refractivity contribution in [2.24, 2.45) is 0 Å². The minimum atomic E-state index is -0.880. The third kappa shape index (κ3) is 3.69. The standard InChI is InChI=1S/C17H16N2O5S/c1-23-17(21)14-10-18(12-6-2-3-7-13(12)24-14)15(20)11-25-16-8-4-5-9-19(16)22/h2-9,14H,10-11H2,1H3/t14-/m1/s1. The van der Waals surface area contributed by atoms with Crippen molar-refractivity contribution in [2.45, 2.75) is 11.1 Å². The molecule has 8 heteroatoms. The van der Waals surface area contributed by atoms with Crippen LogP contribution in [0.25, 0.3) is 0 Å². The first-order chi connectivity index (χ1) is 12.1. The van der Waals surface area contributed by atoms with E-state index in [0.717, 1.165) is 11.8 Å². The van der Waals surface area contributed by atoms with Gasteiger partial charge in [0.1, 0.15) is 5.75 Å². The molecule has 0 fully saturated rings. The van der Waals surface area contributed by atoms with Crippen LogP contribution in [0.3, 0.4) is 0 Å². The lowest BCUT2D eigenvalue weighted by atomic mass is 10.2. The summed E-state index contributed by atoms with van der Waals surface area (Å²) in [6.45, 7) is 0.0647. The molecule has 1 amide bonds. The minimum absolute atomic E-state index is 0.0640. The van der Waals surface area contributed by atoms with Gasteiger partial charge in [-0.1, -0.05) is 12.1 Å². The molecule has 25 heavy (non-hydrogen) atoms. The van der Waals surface area contributed by atoms with Crippen LogP contribution < -0.4 is 14.4 Å². The second-order valence-electron chi connectivity index (χ2n) is 5.26. The Kier molecular flexibility index (Phi) is 5.08. The summed E-state index contributed by atoms with van der Waals surface area (Å²) >= 11 is 1.14. The molecule has 130 valence electrons. The molecule has 0 saturated heterocycles. The Balaban J connectivity index is 1.78. The number of rotatable bonds is 4. The van der Waals surface area contributed by atoms with Gasteiger partial charge in [-0.25, -0.2) is 4.79 Å². The maximum absolute atomic E-state index is 12.7. The van der Waals surface area contributed by atoms with Crippen LogP contribution >= 0.6 is 11.8 Å². The summed E-state index contributed by atoms with van der Waals surface area (Å²) in [7, 11) is 1.27. The molecule has 1 aromatic carbocycles. The molecule has 1 atom stereocenters. The Morgan fingerprint density at radius 1 is 1.32 bits per heavy atom. The van der Waals surface area contributed by atoms with Gasteiger partial charge in [0, 0.05) is 12.1 Å². The normalized spacial score (nSPS) is 15.9. The van der Waals surface area contributed by atoms with E-state index in [0.29, 0.717) is 21.2 Å². The van der Waals surface area contributed by atoms with Crippen LogP contribution in [0.2, 0.25) is 0 Å². The van der Waals surface area contributed by atoms with Gasteiger partial charge in [0.25, 0.3) is 5.03 Å². The number of amides is 1. The molecule has 1 aromatic heterocycles. The maximum atomic E-state index is 12.7. The molecule has 7 nitrogen and oxygen atoms in total.